The van der Waals surface area contributed by atoms with Gasteiger partial charge in [0.2, 0.25) is 5.91 Å². The number of phenols is 1. The fraction of sp³-hybridized carbons (Fsp3) is 0.355. The van der Waals surface area contributed by atoms with E-state index in [4.69, 9.17) is 9.47 Å². The van der Waals surface area contributed by atoms with Crippen LogP contribution in [0.5, 0.6) is 17.2 Å². The van der Waals surface area contributed by atoms with Crippen LogP contribution in [0.25, 0.3) is 0 Å². The number of methoxy groups -OCH3 is 2. The number of aromatic nitrogens is 1. The molecule has 11 nitrogen and oxygen atoms in total. The molecule has 2 N–H and O–H groups in total. The van der Waals surface area contributed by atoms with Crippen molar-refractivity contribution in [2.24, 2.45) is 11.3 Å². The summed E-state index contributed by atoms with van der Waals surface area (Å²) < 4.78 is 12.3. The molecule has 42 heavy (non-hydrogen) atoms. The zero-order chi connectivity index (χ0) is 29.6. The van der Waals surface area contributed by atoms with Crippen LogP contribution >= 0.6 is 0 Å². The molecule has 3 aliphatic heterocycles. The number of likely N-dealkylation sites (tertiary alicyclic amines) is 1. The fourth-order valence-corrected chi connectivity index (χ4v) is 6.68. The third kappa shape index (κ3) is 4.69. The van der Waals surface area contributed by atoms with Gasteiger partial charge in [0.05, 0.1) is 19.9 Å². The highest BCUT2D eigenvalue weighted by Gasteiger charge is 2.56. The molecule has 4 amide bonds. The third-order valence-electron chi connectivity index (χ3n) is 8.60. The molecule has 3 atom stereocenters. The average molecular weight is 573 g/mol. The molecular formula is C31H32N4O7. The summed E-state index contributed by atoms with van der Waals surface area (Å²) in [6.45, 7) is 1.78. The number of hydrogen-bond acceptors (Lipinski definition) is 8. The molecule has 6 rings (SSSR count). The number of pyridine rings is 1. The van der Waals surface area contributed by atoms with Crippen molar-refractivity contribution in [1.29, 1.82) is 0 Å². The van der Waals surface area contributed by atoms with Crippen LogP contribution in [0.2, 0.25) is 0 Å². The van der Waals surface area contributed by atoms with Crippen LogP contribution in [-0.4, -0.2) is 66.3 Å². The number of aromatic hydroxyl groups is 1. The van der Waals surface area contributed by atoms with Crippen LogP contribution in [-0.2, 0) is 22.6 Å². The third-order valence-corrected chi connectivity index (χ3v) is 8.60. The largest absolute Gasteiger partial charge is 0.504 e. The maximum atomic E-state index is 14.5. The monoisotopic (exact) mass is 572 g/mol. The van der Waals surface area contributed by atoms with Gasteiger partial charge in [0.25, 0.3) is 11.5 Å². The highest BCUT2D eigenvalue weighted by Crippen LogP contribution is 2.40. The minimum atomic E-state index is -1.67. The number of carbonyl (C=O) groups is 3. The second kappa shape index (κ2) is 10.6. The first-order chi connectivity index (χ1) is 20.2. The predicted molar refractivity (Wildman–Crippen MR) is 153 cm³/mol. The van der Waals surface area contributed by atoms with Gasteiger partial charge in [0, 0.05) is 43.9 Å². The Balaban J connectivity index is 1.39. The second-order valence-electron chi connectivity index (χ2n) is 11.3. The number of piperidine rings is 1. The summed E-state index contributed by atoms with van der Waals surface area (Å²) in [5.41, 5.74) is 0.158. The van der Waals surface area contributed by atoms with E-state index in [1.165, 1.54) is 20.3 Å². The van der Waals surface area contributed by atoms with E-state index in [1.54, 1.807) is 48.5 Å². The van der Waals surface area contributed by atoms with Gasteiger partial charge in [-0.3, -0.25) is 19.7 Å². The van der Waals surface area contributed by atoms with Crippen LogP contribution in [0.4, 0.5) is 10.5 Å². The normalized spacial score (nSPS) is 23.8. The SMILES string of the molecule is COc1ccc(N2C(=O)NC(=O)C(Cc3ccc(O)c(OC)c3)(CN3C[C@@H]4C[C@H](C3)c3cccc(=O)n3C4)C2=O)cc1. The Morgan fingerprint density at radius 2 is 1.74 bits per heavy atom. The first-order valence-corrected chi connectivity index (χ1v) is 13.8. The number of hydrogen-bond donors (Lipinski definition) is 2. The van der Waals surface area contributed by atoms with Crippen molar-refractivity contribution in [3.63, 3.8) is 0 Å². The van der Waals surface area contributed by atoms with Gasteiger partial charge in [0.15, 0.2) is 11.5 Å². The number of imide groups is 2. The van der Waals surface area contributed by atoms with Crippen molar-refractivity contribution in [3.8, 4) is 17.2 Å². The van der Waals surface area contributed by atoms with Gasteiger partial charge >= 0.3 is 6.03 Å². The fourth-order valence-electron chi connectivity index (χ4n) is 6.68. The molecule has 3 aliphatic rings. The van der Waals surface area contributed by atoms with E-state index in [0.717, 1.165) is 17.0 Å². The van der Waals surface area contributed by atoms with Gasteiger partial charge < -0.3 is 24.0 Å². The molecule has 1 aromatic heterocycles. The number of phenolic OH excluding ortho intramolecular Hbond substituents is 1. The molecule has 0 aliphatic carbocycles. The Labute approximate surface area is 242 Å². The number of barbiturate groups is 1. The lowest BCUT2D eigenvalue weighted by Gasteiger charge is -2.47. The summed E-state index contributed by atoms with van der Waals surface area (Å²) in [4.78, 5) is 57.1. The first kappa shape index (κ1) is 27.5. The van der Waals surface area contributed by atoms with E-state index < -0.39 is 23.3 Å². The lowest BCUT2D eigenvalue weighted by atomic mass is 9.75. The number of rotatable bonds is 7. The van der Waals surface area contributed by atoms with E-state index in [2.05, 4.69) is 10.2 Å². The molecule has 2 aromatic carbocycles. The number of nitrogens with zero attached hydrogens (tertiary/aromatic N) is 3. The van der Waals surface area contributed by atoms with Crippen LogP contribution in [0.3, 0.4) is 0 Å². The van der Waals surface area contributed by atoms with Crippen LogP contribution < -0.4 is 25.2 Å². The summed E-state index contributed by atoms with van der Waals surface area (Å²) >= 11 is 0. The second-order valence-corrected chi connectivity index (χ2v) is 11.3. The maximum absolute atomic E-state index is 14.5. The first-order valence-electron chi connectivity index (χ1n) is 13.8. The standard InChI is InChI=1S/C31H32N4O7/c1-41-23-9-7-22(8-10-23)35-29(39)31(28(38)32-30(35)40,14-19-6-11-25(36)26(13-19)42-2)18-33-15-20-12-21(17-33)24-4-3-5-27(37)34(24)16-20/h3-11,13,20-21,36H,12,14-18H2,1-2H3,(H,32,38,40)/t20-,21+,31?/m0/s1. The molecule has 2 bridgehead atoms. The maximum Gasteiger partial charge on any atom is 0.335 e. The van der Waals surface area contributed by atoms with Crippen LogP contribution in [0, 0.1) is 11.3 Å². The van der Waals surface area contributed by atoms with Crippen molar-refractivity contribution < 1.29 is 29.0 Å². The Morgan fingerprint density at radius 1 is 0.952 bits per heavy atom. The highest BCUT2D eigenvalue weighted by atomic mass is 16.5. The number of nitrogens with one attached hydrogen (secondary N) is 1. The Morgan fingerprint density at radius 3 is 2.48 bits per heavy atom. The molecule has 3 aromatic rings. The number of urea groups is 1. The van der Waals surface area contributed by atoms with Crippen molar-refractivity contribution in [2.75, 3.05) is 38.8 Å². The van der Waals surface area contributed by atoms with E-state index in [1.807, 2.05) is 10.6 Å². The smallest absolute Gasteiger partial charge is 0.335 e. The number of anilines is 1. The molecule has 0 radical (unpaired) electrons. The average Bonchev–Trinajstić information content (AvgIpc) is 2.98. The summed E-state index contributed by atoms with van der Waals surface area (Å²) in [6.07, 6.45) is 0.884. The molecular weight excluding hydrogens is 540 g/mol. The quantitative estimate of drug-likeness (QED) is 0.413. The molecule has 11 heteroatoms. The molecule has 1 unspecified atom stereocenters. The van der Waals surface area contributed by atoms with E-state index >= 15 is 0 Å². The predicted octanol–water partition coefficient (Wildman–Crippen LogP) is 2.50. The topological polar surface area (TPSA) is 130 Å². The number of benzene rings is 2. The summed E-state index contributed by atoms with van der Waals surface area (Å²) in [5.74, 6) is -0.378. The summed E-state index contributed by atoms with van der Waals surface area (Å²) in [7, 11) is 2.94. The van der Waals surface area contributed by atoms with Crippen LogP contribution in [0.1, 0.15) is 23.6 Å². The molecule has 0 saturated carbocycles. The van der Waals surface area contributed by atoms with Crippen molar-refractivity contribution in [2.45, 2.75) is 25.3 Å². The number of amides is 4. The van der Waals surface area contributed by atoms with Gasteiger partial charge in [-0.2, -0.15) is 0 Å². The van der Waals surface area contributed by atoms with Gasteiger partial charge in [-0.05, 0) is 66.8 Å². The minimum absolute atomic E-state index is 0.0242. The Kier molecular flexibility index (Phi) is 6.97. The summed E-state index contributed by atoms with van der Waals surface area (Å²) in [6, 6.07) is 15.7. The molecule has 4 heterocycles. The van der Waals surface area contributed by atoms with Gasteiger partial charge in [-0.15, -0.1) is 0 Å². The summed E-state index contributed by atoms with van der Waals surface area (Å²) in [5, 5.41) is 12.6. The molecule has 218 valence electrons. The number of fused-ring (bicyclic) bond motifs is 4. The lowest BCUT2D eigenvalue weighted by Crippen LogP contribution is -2.68. The molecule has 0 spiro atoms. The van der Waals surface area contributed by atoms with Crippen LogP contribution in [0.15, 0.2) is 65.5 Å². The lowest BCUT2D eigenvalue weighted by molar-refractivity contribution is -0.144. The van der Waals surface area contributed by atoms with Crippen molar-refractivity contribution >= 4 is 23.5 Å². The van der Waals surface area contributed by atoms with Crippen molar-refractivity contribution in [1.82, 2.24) is 14.8 Å². The van der Waals surface area contributed by atoms with Gasteiger partial charge in [-0.25, -0.2) is 9.69 Å². The Bertz CT molecular complexity index is 1620. The van der Waals surface area contributed by atoms with E-state index in [9.17, 15) is 24.3 Å². The minimum Gasteiger partial charge on any atom is -0.504 e. The highest BCUT2D eigenvalue weighted by molar-refractivity contribution is 6.30. The van der Waals surface area contributed by atoms with Gasteiger partial charge in [-0.1, -0.05) is 12.1 Å². The van der Waals surface area contributed by atoms with E-state index in [-0.39, 0.29) is 41.9 Å². The molecule has 2 fully saturated rings. The van der Waals surface area contributed by atoms with Gasteiger partial charge in [0.1, 0.15) is 11.2 Å². The molecule has 2 saturated heterocycles. The zero-order valence-corrected chi connectivity index (χ0v) is 23.4. The van der Waals surface area contributed by atoms with Crippen molar-refractivity contribution in [3.05, 3.63) is 82.3 Å². The van der Waals surface area contributed by atoms with E-state index in [0.29, 0.717) is 36.6 Å². The number of ether oxygens (including phenoxy) is 2. The zero-order valence-electron chi connectivity index (χ0n) is 23.4. The Hall–Kier alpha value is -4.64. The number of carbonyl (C=O) groups excluding carboxylic acids is 3.